The fraction of sp³-hybridized carbons (Fsp3) is 0.192. The van der Waals surface area contributed by atoms with Gasteiger partial charge in [-0.05, 0) is 30.7 Å². The van der Waals surface area contributed by atoms with Crippen LogP contribution in [0, 0.1) is 28.9 Å². The van der Waals surface area contributed by atoms with Gasteiger partial charge in [0, 0.05) is 41.7 Å². The van der Waals surface area contributed by atoms with Crippen LogP contribution in [0.25, 0.3) is 22.2 Å². The summed E-state index contributed by atoms with van der Waals surface area (Å²) in [5.74, 6) is -2.38. The van der Waals surface area contributed by atoms with Gasteiger partial charge in [0.1, 0.15) is 11.4 Å². The lowest BCUT2D eigenvalue weighted by molar-refractivity contribution is 0.125. The molecule has 3 N–H and O–H groups in total. The maximum absolute atomic E-state index is 15.0. The minimum absolute atomic E-state index is 0.0673. The van der Waals surface area contributed by atoms with E-state index in [0.717, 1.165) is 17.7 Å². The van der Waals surface area contributed by atoms with Gasteiger partial charge in [-0.3, -0.25) is 0 Å². The van der Waals surface area contributed by atoms with E-state index in [-0.39, 0.29) is 42.6 Å². The van der Waals surface area contributed by atoms with E-state index in [4.69, 9.17) is 9.47 Å². The molecule has 0 bridgehead atoms. The quantitative estimate of drug-likeness (QED) is 0.365. The molecular formula is C26H21F2N5O3. The number of rotatable bonds is 5. The first-order chi connectivity index (χ1) is 17.5. The highest BCUT2D eigenvalue weighted by Crippen LogP contribution is 2.38. The number of nitriles is 1. The fourth-order valence-corrected chi connectivity index (χ4v) is 3.98. The van der Waals surface area contributed by atoms with Crippen molar-refractivity contribution < 1.29 is 23.4 Å². The molecule has 0 radical (unpaired) electrons. The van der Waals surface area contributed by atoms with Crippen LogP contribution in [0.1, 0.15) is 12.5 Å². The van der Waals surface area contributed by atoms with Crippen LogP contribution in [0.2, 0.25) is 0 Å². The van der Waals surface area contributed by atoms with Crippen LogP contribution in [0.5, 0.6) is 11.5 Å². The third kappa shape index (κ3) is 4.44. The number of hydrogen-bond acceptors (Lipinski definition) is 7. The van der Waals surface area contributed by atoms with E-state index in [2.05, 4.69) is 26.3 Å². The second kappa shape index (κ2) is 9.64. The number of aliphatic imine (C=N–C) groups is 1. The second-order valence-electron chi connectivity index (χ2n) is 8.35. The minimum atomic E-state index is -0.927. The smallest absolute Gasteiger partial charge is 0.289 e. The number of aliphatic hydroxyl groups is 1. The summed E-state index contributed by atoms with van der Waals surface area (Å²) >= 11 is 0. The highest BCUT2D eigenvalue weighted by Gasteiger charge is 2.24. The maximum Gasteiger partial charge on any atom is 0.289 e. The van der Waals surface area contributed by atoms with Gasteiger partial charge in [0.25, 0.3) is 6.02 Å². The molecule has 0 amide bonds. The lowest BCUT2D eigenvalue weighted by Gasteiger charge is -2.26. The van der Waals surface area contributed by atoms with Gasteiger partial charge in [0.2, 0.25) is 0 Å². The number of halogens is 2. The van der Waals surface area contributed by atoms with E-state index in [1.165, 1.54) is 12.3 Å². The van der Waals surface area contributed by atoms with E-state index < -0.39 is 17.4 Å². The molecule has 2 aromatic heterocycles. The Morgan fingerprint density at radius 3 is 2.78 bits per heavy atom. The van der Waals surface area contributed by atoms with Crippen molar-refractivity contribution in [1.82, 2.24) is 9.97 Å². The van der Waals surface area contributed by atoms with Crippen LogP contribution in [0.15, 0.2) is 59.9 Å². The summed E-state index contributed by atoms with van der Waals surface area (Å²) in [6, 6.07) is 12.7. The third-order valence-electron chi connectivity index (χ3n) is 5.97. The number of anilines is 1. The summed E-state index contributed by atoms with van der Waals surface area (Å²) in [6.07, 6.45) is 3.17. The van der Waals surface area contributed by atoms with E-state index in [1.54, 1.807) is 24.4 Å². The largest absolute Gasteiger partial charge is 0.465 e. The molecule has 0 saturated carbocycles. The number of nitrogens with one attached hydrogen (secondary N) is 2. The van der Waals surface area contributed by atoms with Crippen molar-refractivity contribution >= 4 is 22.7 Å². The summed E-state index contributed by atoms with van der Waals surface area (Å²) in [5.41, 5.74) is 2.44. The van der Waals surface area contributed by atoms with E-state index in [9.17, 15) is 10.4 Å². The van der Waals surface area contributed by atoms with Crippen molar-refractivity contribution in [2.45, 2.75) is 13.0 Å². The Balaban J connectivity index is 1.46. The Labute approximate surface area is 204 Å². The van der Waals surface area contributed by atoms with E-state index >= 15 is 8.78 Å². The highest BCUT2D eigenvalue weighted by atomic mass is 19.1. The standard InChI is InChI=1S/C26H21F2N5O3/c1-14-17(12-34)13-35-26(32-14)33-18-8-20(27)24(21(28)9-18)36-22-5-6-30-25-23(22)19(11-31-25)16-4-2-3-15(7-16)10-29/h2-9,11,14,17,34H,12-13H2,1H3,(H,30,31)(H,32,33). The maximum atomic E-state index is 15.0. The Morgan fingerprint density at radius 2 is 2.06 bits per heavy atom. The predicted molar refractivity (Wildman–Crippen MR) is 130 cm³/mol. The lowest BCUT2D eigenvalue weighted by atomic mass is 10.0. The molecule has 36 heavy (non-hydrogen) atoms. The van der Waals surface area contributed by atoms with Crippen molar-refractivity contribution in [2.24, 2.45) is 10.9 Å². The van der Waals surface area contributed by atoms with Crippen LogP contribution < -0.4 is 10.1 Å². The van der Waals surface area contributed by atoms with Crippen LogP contribution >= 0.6 is 0 Å². The molecule has 2 atom stereocenters. The number of hydrogen-bond donors (Lipinski definition) is 3. The summed E-state index contributed by atoms with van der Waals surface area (Å²) in [7, 11) is 0. The summed E-state index contributed by atoms with van der Waals surface area (Å²) in [5, 5.41) is 21.8. The van der Waals surface area contributed by atoms with Crippen molar-refractivity contribution in [3.05, 3.63) is 72.1 Å². The number of aromatic nitrogens is 2. The molecule has 5 rings (SSSR count). The molecule has 2 aromatic carbocycles. The fourth-order valence-electron chi connectivity index (χ4n) is 3.98. The molecule has 0 aliphatic carbocycles. The molecule has 3 heterocycles. The number of benzene rings is 2. The predicted octanol–water partition coefficient (Wildman–Crippen LogP) is 4.97. The zero-order chi connectivity index (χ0) is 25.2. The molecule has 182 valence electrons. The van der Waals surface area contributed by atoms with Gasteiger partial charge < -0.3 is 24.9 Å². The van der Waals surface area contributed by atoms with Gasteiger partial charge in [-0.15, -0.1) is 0 Å². The van der Waals surface area contributed by atoms with Gasteiger partial charge in [-0.2, -0.15) is 5.26 Å². The lowest BCUT2D eigenvalue weighted by Crippen LogP contribution is -2.35. The SMILES string of the molecule is CC1N=C(Nc2cc(F)c(Oc3ccnc4[nH]cc(-c5cccc(C#N)c5)c34)c(F)c2)OCC1CO. The number of amidine groups is 1. The van der Waals surface area contributed by atoms with Gasteiger partial charge in [-0.1, -0.05) is 12.1 Å². The number of H-pyrrole nitrogens is 1. The van der Waals surface area contributed by atoms with Crippen LogP contribution in [0.4, 0.5) is 14.5 Å². The first-order valence-corrected chi connectivity index (χ1v) is 11.2. The summed E-state index contributed by atoms with van der Waals surface area (Å²) in [6.45, 7) is 2.00. The zero-order valence-electron chi connectivity index (χ0n) is 19.1. The number of pyridine rings is 1. The highest BCUT2D eigenvalue weighted by molar-refractivity contribution is 5.98. The Bertz CT molecular complexity index is 1490. The number of ether oxygens (including phenoxy) is 2. The summed E-state index contributed by atoms with van der Waals surface area (Å²) in [4.78, 5) is 11.6. The van der Waals surface area contributed by atoms with Crippen LogP contribution in [-0.4, -0.2) is 40.4 Å². The molecule has 0 spiro atoms. The van der Waals surface area contributed by atoms with Crippen molar-refractivity contribution in [3.8, 4) is 28.7 Å². The Kier molecular flexibility index (Phi) is 6.23. The van der Waals surface area contributed by atoms with Gasteiger partial charge in [-0.25, -0.2) is 18.8 Å². The normalized spacial score (nSPS) is 17.2. The van der Waals surface area contributed by atoms with Crippen molar-refractivity contribution in [3.63, 3.8) is 0 Å². The molecular weight excluding hydrogens is 468 g/mol. The first-order valence-electron chi connectivity index (χ1n) is 11.2. The third-order valence-corrected chi connectivity index (χ3v) is 5.97. The number of aliphatic hydroxyl groups excluding tert-OH is 1. The van der Waals surface area contributed by atoms with Crippen molar-refractivity contribution in [2.75, 3.05) is 18.5 Å². The Morgan fingerprint density at radius 1 is 1.25 bits per heavy atom. The number of fused-ring (bicyclic) bond motifs is 1. The van der Waals surface area contributed by atoms with E-state index in [1.807, 2.05) is 13.0 Å². The average Bonchev–Trinajstić information content (AvgIpc) is 3.31. The molecule has 0 fully saturated rings. The van der Waals surface area contributed by atoms with Crippen LogP contribution in [-0.2, 0) is 4.74 Å². The van der Waals surface area contributed by atoms with Crippen LogP contribution in [0.3, 0.4) is 0 Å². The monoisotopic (exact) mass is 489 g/mol. The first kappa shape index (κ1) is 23.3. The van der Waals surface area contributed by atoms with Gasteiger partial charge >= 0.3 is 0 Å². The molecule has 10 heteroatoms. The molecule has 1 aliphatic rings. The van der Waals surface area contributed by atoms with Gasteiger partial charge in [0.05, 0.1) is 36.3 Å². The van der Waals surface area contributed by atoms with Gasteiger partial charge in [0.15, 0.2) is 17.4 Å². The second-order valence-corrected chi connectivity index (χ2v) is 8.35. The Hall–Kier alpha value is -4.49. The molecule has 1 aliphatic heterocycles. The molecule has 4 aromatic rings. The molecule has 2 unspecified atom stereocenters. The zero-order valence-corrected chi connectivity index (χ0v) is 19.1. The minimum Gasteiger partial charge on any atom is -0.465 e. The average molecular weight is 489 g/mol. The number of nitrogens with zero attached hydrogens (tertiary/aromatic N) is 3. The van der Waals surface area contributed by atoms with Crippen molar-refractivity contribution in [1.29, 1.82) is 5.26 Å². The van der Waals surface area contributed by atoms with E-state index in [0.29, 0.717) is 22.2 Å². The summed E-state index contributed by atoms with van der Waals surface area (Å²) < 4.78 is 41.2. The number of aromatic amines is 1. The molecule has 0 saturated heterocycles. The topological polar surface area (TPSA) is 116 Å². The molecule has 8 nitrogen and oxygen atoms in total.